The lowest BCUT2D eigenvalue weighted by Gasteiger charge is -2.35. The van der Waals surface area contributed by atoms with Gasteiger partial charge in [0.2, 0.25) is 5.91 Å². The Morgan fingerprint density at radius 2 is 1.89 bits per heavy atom. The van der Waals surface area contributed by atoms with E-state index < -0.39 is 0 Å². The molecule has 114 valence electrons. The molecule has 1 N–H and O–H groups in total. The van der Waals surface area contributed by atoms with Crippen LogP contribution in [-0.2, 0) is 9.53 Å². The van der Waals surface area contributed by atoms with Crippen LogP contribution < -0.4 is 0 Å². The zero-order chi connectivity index (χ0) is 14.9. The SMILES string of the molecule is CCN(C)CC(C)(C)CN(CCOCCO)C(C)=O. The lowest BCUT2D eigenvalue weighted by atomic mass is 9.92. The summed E-state index contributed by atoms with van der Waals surface area (Å²) in [6.07, 6.45) is 0. The molecule has 0 aliphatic rings. The molecule has 0 atom stereocenters. The van der Waals surface area contributed by atoms with E-state index in [1.807, 2.05) is 4.90 Å². The molecule has 0 aromatic heterocycles. The Morgan fingerprint density at radius 3 is 2.37 bits per heavy atom. The number of amides is 1. The molecule has 0 bridgehead atoms. The van der Waals surface area contributed by atoms with E-state index in [2.05, 4.69) is 32.7 Å². The van der Waals surface area contributed by atoms with Crippen molar-refractivity contribution < 1.29 is 14.6 Å². The maximum atomic E-state index is 11.6. The summed E-state index contributed by atoms with van der Waals surface area (Å²) in [4.78, 5) is 15.7. The van der Waals surface area contributed by atoms with Crippen molar-refractivity contribution in [3.63, 3.8) is 0 Å². The lowest BCUT2D eigenvalue weighted by Crippen LogP contribution is -2.44. The van der Waals surface area contributed by atoms with E-state index >= 15 is 0 Å². The van der Waals surface area contributed by atoms with E-state index in [1.165, 1.54) is 0 Å². The van der Waals surface area contributed by atoms with Crippen molar-refractivity contribution in [2.45, 2.75) is 27.7 Å². The van der Waals surface area contributed by atoms with Crippen molar-refractivity contribution in [3.8, 4) is 0 Å². The Kier molecular flexibility index (Phi) is 8.97. The molecule has 5 nitrogen and oxygen atoms in total. The van der Waals surface area contributed by atoms with Gasteiger partial charge in [0.25, 0.3) is 0 Å². The molecule has 0 saturated carbocycles. The number of ether oxygens (including phenoxy) is 1. The topological polar surface area (TPSA) is 53.0 Å². The van der Waals surface area contributed by atoms with Gasteiger partial charge < -0.3 is 19.6 Å². The largest absolute Gasteiger partial charge is 0.394 e. The molecular weight excluding hydrogens is 244 g/mol. The van der Waals surface area contributed by atoms with Crippen molar-refractivity contribution in [2.24, 2.45) is 5.41 Å². The monoisotopic (exact) mass is 274 g/mol. The van der Waals surface area contributed by atoms with Crippen LogP contribution in [0.2, 0.25) is 0 Å². The molecule has 0 spiro atoms. The van der Waals surface area contributed by atoms with Crippen molar-refractivity contribution >= 4 is 5.91 Å². The Bertz CT molecular complexity index is 257. The number of rotatable bonds is 10. The highest BCUT2D eigenvalue weighted by Crippen LogP contribution is 2.18. The summed E-state index contributed by atoms with van der Waals surface area (Å²) in [5.41, 5.74) is 0.0490. The average Bonchev–Trinajstić information content (AvgIpc) is 2.32. The summed E-state index contributed by atoms with van der Waals surface area (Å²) in [6, 6.07) is 0. The number of carbonyl (C=O) groups is 1. The fourth-order valence-corrected chi connectivity index (χ4v) is 2.10. The van der Waals surface area contributed by atoms with Crippen LogP contribution in [0.3, 0.4) is 0 Å². The van der Waals surface area contributed by atoms with Crippen LogP contribution in [-0.4, -0.2) is 73.9 Å². The zero-order valence-corrected chi connectivity index (χ0v) is 13.1. The van der Waals surface area contributed by atoms with Crippen LogP contribution in [0.15, 0.2) is 0 Å². The normalized spacial score (nSPS) is 11.9. The Labute approximate surface area is 117 Å². The third-order valence-electron chi connectivity index (χ3n) is 3.04. The van der Waals surface area contributed by atoms with E-state index in [0.717, 1.165) is 19.6 Å². The number of aliphatic hydroxyl groups excluding tert-OH is 1. The molecule has 0 aromatic rings. The van der Waals surface area contributed by atoms with Crippen LogP contribution in [0, 0.1) is 5.41 Å². The van der Waals surface area contributed by atoms with Gasteiger partial charge >= 0.3 is 0 Å². The molecule has 0 rings (SSSR count). The third-order valence-corrected chi connectivity index (χ3v) is 3.04. The van der Waals surface area contributed by atoms with E-state index in [1.54, 1.807) is 6.92 Å². The summed E-state index contributed by atoms with van der Waals surface area (Å²) in [5.74, 6) is 0.0693. The molecular formula is C14H30N2O3. The fraction of sp³-hybridized carbons (Fsp3) is 0.929. The fourth-order valence-electron chi connectivity index (χ4n) is 2.10. The van der Waals surface area contributed by atoms with Crippen LogP contribution in [0.5, 0.6) is 0 Å². The van der Waals surface area contributed by atoms with Crippen LogP contribution in [0.25, 0.3) is 0 Å². The molecule has 0 heterocycles. The van der Waals surface area contributed by atoms with E-state index in [4.69, 9.17) is 9.84 Å². The quantitative estimate of drug-likeness (QED) is 0.599. The van der Waals surface area contributed by atoms with Gasteiger partial charge in [-0.25, -0.2) is 0 Å². The molecule has 0 fully saturated rings. The summed E-state index contributed by atoms with van der Waals surface area (Å²) in [6.45, 7) is 12.1. The van der Waals surface area contributed by atoms with Gasteiger partial charge in [-0.05, 0) is 19.0 Å². The molecule has 1 amide bonds. The lowest BCUT2D eigenvalue weighted by molar-refractivity contribution is -0.131. The third kappa shape index (κ3) is 8.97. The van der Waals surface area contributed by atoms with Gasteiger partial charge in [0.15, 0.2) is 0 Å². The van der Waals surface area contributed by atoms with E-state index in [-0.39, 0.29) is 17.9 Å². The van der Waals surface area contributed by atoms with Crippen LogP contribution in [0.4, 0.5) is 0 Å². The molecule has 19 heavy (non-hydrogen) atoms. The molecule has 0 aliphatic carbocycles. The standard InChI is InChI=1S/C14H30N2O3/c1-6-15(5)11-14(3,4)12-16(13(2)18)7-9-19-10-8-17/h17H,6-12H2,1-5H3. The second-order valence-electron chi connectivity index (χ2n) is 5.77. The molecule has 0 aliphatic heterocycles. The van der Waals surface area contributed by atoms with E-state index in [9.17, 15) is 4.79 Å². The maximum Gasteiger partial charge on any atom is 0.219 e. The van der Waals surface area contributed by atoms with Gasteiger partial charge in [-0.3, -0.25) is 4.79 Å². The van der Waals surface area contributed by atoms with Crippen LogP contribution >= 0.6 is 0 Å². The average molecular weight is 274 g/mol. The Balaban J connectivity index is 4.27. The minimum Gasteiger partial charge on any atom is -0.394 e. The number of hydrogen-bond donors (Lipinski definition) is 1. The van der Waals surface area contributed by atoms with Crippen molar-refractivity contribution in [1.82, 2.24) is 9.80 Å². The minimum atomic E-state index is 0.0207. The number of carbonyl (C=O) groups excluding carboxylic acids is 1. The highest BCUT2D eigenvalue weighted by Gasteiger charge is 2.24. The Hall–Kier alpha value is -0.650. The zero-order valence-electron chi connectivity index (χ0n) is 13.1. The first-order valence-corrected chi connectivity index (χ1v) is 6.95. The van der Waals surface area contributed by atoms with Gasteiger partial charge in [-0.15, -0.1) is 0 Å². The summed E-state index contributed by atoms with van der Waals surface area (Å²) in [7, 11) is 2.09. The van der Waals surface area contributed by atoms with Crippen molar-refractivity contribution in [1.29, 1.82) is 0 Å². The summed E-state index contributed by atoms with van der Waals surface area (Å²) >= 11 is 0. The number of aliphatic hydroxyl groups is 1. The maximum absolute atomic E-state index is 11.6. The highest BCUT2D eigenvalue weighted by molar-refractivity contribution is 5.73. The first kappa shape index (κ1) is 18.4. The smallest absolute Gasteiger partial charge is 0.219 e. The summed E-state index contributed by atoms with van der Waals surface area (Å²) in [5, 5.41) is 8.64. The number of nitrogens with zero attached hydrogens (tertiary/aromatic N) is 2. The number of hydrogen-bond acceptors (Lipinski definition) is 4. The van der Waals surface area contributed by atoms with Gasteiger partial charge in [0.1, 0.15) is 0 Å². The molecule has 0 saturated heterocycles. The molecule has 0 aromatic carbocycles. The van der Waals surface area contributed by atoms with Gasteiger partial charge in [0, 0.05) is 26.6 Å². The van der Waals surface area contributed by atoms with Crippen LogP contribution in [0.1, 0.15) is 27.7 Å². The van der Waals surface area contributed by atoms with Gasteiger partial charge in [-0.2, -0.15) is 0 Å². The Morgan fingerprint density at radius 1 is 1.26 bits per heavy atom. The van der Waals surface area contributed by atoms with Crippen molar-refractivity contribution in [2.75, 3.05) is 53.0 Å². The second-order valence-corrected chi connectivity index (χ2v) is 5.77. The molecule has 0 radical (unpaired) electrons. The van der Waals surface area contributed by atoms with Crippen molar-refractivity contribution in [3.05, 3.63) is 0 Å². The van der Waals surface area contributed by atoms with Gasteiger partial charge in [-0.1, -0.05) is 20.8 Å². The van der Waals surface area contributed by atoms with Gasteiger partial charge in [0.05, 0.1) is 19.8 Å². The molecule has 0 unspecified atom stereocenters. The first-order valence-electron chi connectivity index (χ1n) is 6.95. The highest BCUT2D eigenvalue weighted by atomic mass is 16.5. The first-order chi connectivity index (χ1) is 8.82. The predicted molar refractivity (Wildman–Crippen MR) is 77.1 cm³/mol. The second kappa shape index (κ2) is 9.28. The summed E-state index contributed by atoms with van der Waals surface area (Å²) < 4.78 is 5.23. The molecule has 5 heteroatoms. The minimum absolute atomic E-state index is 0.0207. The predicted octanol–water partition coefficient (Wildman–Crippen LogP) is 0.822. The van der Waals surface area contributed by atoms with E-state index in [0.29, 0.717) is 19.8 Å².